The van der Waals surface area contributed by atoms with Gasteiger partial charge >= 0.3 is 0 Å². The van der Waals surface area contributed by atoms with E-state index in [1.165, 1.54) is 18.4 Å². The van der Waals surface area contributed by atoms with Crippen LogP contribution in [0.4, 0.5) is 0 Å². The minimum atomic E-state index is -0.115. The first kappa shape index (κ1) is 10.3. The van der Waals surface area contributed by atoms with Gasteiger partial charge in [-0.25, -0.2) is 9.87 Å². The molecule has 1 rings (SSSR count). The molecule has 0 unspecified atom stereocenters. The van der Waals surface area contributed by atoms with Crippen LogP contribution in [0, 0.1) is 6.92 Å². The molecule has 0 aliphatic rings. The lowest BCUT2D eigenvalue weighted by molar-refractivity contribution is -0.314. The van der Waals surface area contributed by atoms with E-state index in [2.05, 4.69) is 20.3 Å². The number of hydroxylamine groups is 1. The molecule has 0 radical (unpaired) electrons. The van der Waals surface area contributed by atoms with Crippen molar-refractivity contribution in [1.82, 2.24) is 10.5 Å². The molecule has 0 saturated heterocycles. The molecule has 0 atom stereocenters. The van der Waals surface area contributed by atoms with Crippen molar-refractivity contribution in [2.45, 2.75) is 6.92 Å². The normalized spacial score (nSPS) is 10.3. The van der Waals surface area contributed by atoms with Crippen molar-refractivity contribution < 1.29 is 14.7 Å². The summed E-state index contributed by atoms with van der Waals surface area (Å²) in [6, 6.07) is 0. The Bertz CT molecular complexity index is 287. The summed E-state index contributed by atoms with van der Waals surface area (Å²) in [6.07, 6.45) is 0. The Hall–Kier alpha value is -0.820. The number of nitrogens with one attached hydrogen (secondary N) is 1. The molecule has 0 spiro atoms. The number of carbonyl (C=O) groups excluding carboxylic acids is 1. The van der Waals surface area contributed by atoms with Gasteiger partial charge < -0.3 is 0 Å². The summed E-state index contributed by atoms with van der Waals surface area (Å²) in [5.41, 5.74) is 4.47. The fraction of sp³-hybridized carbons (Fsp3) is 0.429. The molecule has 0 saturated carbocycles. The zero-order valence-electron chi connectivity index (χ0n) is 7.36. The van der Waals surface area contributed by atoms with Crippen molar-refractivity contribution in [3.8, 4) is 0 Å². The number of hydrogen-bond acceptors (Lipinski definition) is 6. The van der Waals surface area contributed by atoms with Crippen LogP contribution in [0.5, 0.6) is 0 Å². The number of thiazole rings is 1. The van der Waals surface area contributed by atoms with E-state index in [0.717, 1.165) is 4.88 Å². The van der Waals surface area contributed by atoms with E-state index < -0.39 is 0 Å². The van der Waals surface area contributed by atoms with Crippen LogP contribution in [-0.4, -0.2) is 24.4 Å². The summed E-state index contributed by atoms with van der Waals surface area (Å²) in [4.78, 5) is 24.8. The Labute approximate surface area is 79.6 Å². The smallest absolute Gasteiger partial charge is 0.198 e. The number of Topliss-reactive ketones (excluding diaryl/α,β-unsaturated/α-hetero) is 1. The summed E-state index contributed by atoms with van der Waals surface area (Å²) >= 11 is 1.44. The van der Waals surface area contributed by atoms with Gasteiger partial charge in [-0.1, -0.05) is 0 Å². The maximum Gasteiger partial charge on any atom is 0.198 e. The Balaban J connectivity index is 2.45. The van der Waals surface area contributed by atoms with Crippen LogP contribution in [0.2, 0.25) is 0 Å². The third kappa shape index (κ3) is 2.85. The van der Waals surface area contributed by atoms with Crippen LogP contribution in [0.25, 0.3) is 0 Å². The molecule has 0 amide bonds. The van der Waals surface area contributed by atoms with Gasteiger partial charge in [-0.3, -0.25) is 4.79 Å². The van der Waals surface area contributed by atoms with Crippen molar-refractivity contribution in [3.05, 3.63) is 16.1 Å². The maximum atomic E-state index is 11.3. The largest absolute Gasteiger partial charge is 0.291 e. The van der Waals surface area contributed by atoms with Crippen molar-refractivity contribution in [2.24, 2.45) is 0 Å². The quantitative estimate of drug-likeness (QED) is 0.330. The van der Waals surface area contributed by atoms with E-state index in [0.29, 0.717) is 5.69 Å². The Morgan fingerprint density at radius 3 is 3.08 bits per heavy atom. The van der Waals surface area contributed by atoms with Crippen LogP contribution >= 0.6 is 11.3 Å². The van der Waals surface area contributed by atoms with Crippen LogP contribution in [0.3, 0.4) is 0 Å². The molecular weight excluding hydrogens is 192 g/mol. The van der Waals surface area contributed by atoms with Crippen LogP contribution in [-0.2, 0) is 9.88 Å². The Morgan fingerprint density at radius 2 is 2.54 bits per heavy atom. The molecule has 1 aromatic heterocycles. The third-order valence-electron chi connectivity index (χ3n) is 1.38. The fourth-order valence-electron chi connectivity index (χ4n) is 0.811. The molecule has 1 aromatic rings. The average Bonchev–Trinajstić information content (AvgIpc) is 2.52. The van der Waals surface area contributed by atoms with Crippen LogP contribution in [0.15, 0.2) is 5.51 Å². The van der Waals surface area contributed by atoms with Crippen molar-refractivity contribution in [2.75, 3.05) is 13.7 Å². The van der Waals surface area contributed by atoms with Gasteiger partial charge in [0.1, 0.15) is 5.69 Å². The van der Waals surface area contributed by atoms with Gasteiger partial charge in [0.2, 0.25) is 0 Å². The van der Waals surface area contributed by atoms with Crippen LogP contribution < -0.4 is 5.48 Å². The summed E-state index contributed by atoms with van der Waals surface area (Å²) in [5.74, 6) is -0.115. The van der Waals surface area contributed by atoms with E-state index >= 15 is 0 Å². The number of hydrogen-bond donors (Lipinski definition) is 1. The molecule has 0 aromatic carbocycles. The Morgan fingerprint density at radius 1 is 1.77 bits per heavy atom. The monoisotopic (exact) mass is 202 g/mol. The van der Waals surface area contributed by atoms with Gasteiger partial charge in [-0.05, 0) is 6.92 Å². The first-order valence-corrected chi connectivity index (χ1v) is 4.49. The second kappa shape index (κ2) is 5.03. The van der Waals surface area contributed by atoms with E-state index in [1.54, 1.807) is 5.51 Å². The molecule has 0 aliphatic heterocycles. The topological polar surface area (TPSA) is 60.5 Å². The minimum Gasteiger partial charge on any atom is -0.291 e. The van der Waals surface area contributed by atoms with Gasteiger partial charge in [0.15, 0.2) is 5.78 Å². The Kier molecular flexibility index (Phi) is 3.97. The van der Waals surface area contributed by atoms with Gasteiger partial charge in [-0.2, -0.15) is 5.48 Å². The summed E-state index contributed by atoms with van der Waals surface area (Å²) in [5, 5.41) is 0. The number of aromatic nitrogens is 1. The predicted octanol–water partition coefficient (Wildman–Crippen LogP) is 0.717. The van der Waals surface area contributed by atoms with Crippen molar-refractivity contribution in [3.63, 3.8) is 0 Å². The van der Waals surface area contributed by atoms with E-state index in [-0.39, 0.29) is 12.3 Å². The predicted molar refractivity (Wildman–Crippen MR) is 47.3 cm³/mol. The standard InChI is InChI=1S/C7H10N2O3S/c1-5-7(8-4-13-5)6(10)3-9-12-11-2/h4,9H,3H2,1-2H3. The lowest BCUT2D eigenvalue weighted by atomic mass is 10.2. The number of carbonyl (C=O) groups is 1. The van der Waals surface area contributed by atoms with Crippen molar-refractivity contribution >= 4 is 17.1 Å². The zero-order chi connectivity index (χ0) is 9.68. The molecule has 0 bridgehead atoms. The average molecular weight is 202 g/mol. The SMILES string of the molecule is COONCC(=O)c1ncsc1C. The van der Waals surface area contributed by atoms with Crippen molar-refractivity contribution in [1.29, 1.82) is 0 Å². The van der Waals surface area contributed by atoms with Gasteiger partial charge in [-0.15, -0.1) is 16.3 Å². The molecule has 1 heterocycles. The summed E-state index contributed by atoms with van der Waals surface area (Å²) in [7, 11) is 1.35. The second-order valence-electron chi connectivity index (χ2n) is 2.25. The number of nitrogens with zero attached hydrogens (tertiary/aromatic N) is 1. The molecule has 6 heteroatoms. The molecule has 13 heavy (non-hydrogen) atoms. The molecule has 0 aliphatic carbocycles. The highest BCUT2D eigenvalue weighted by molar-refractivity contribution is 7.09. The minimum absolute atomic E-state index is 0.0540. The highest BCUT2D eigenvalue weighted by atomic mass is 32.1. The first-order chi connectivity index (χ1) is 6.25. The number of rotatable bonds is 5. The molecule has 72 valence electrons. The maximum absolute atomic E-state index is 11.3. The highest BCUT2D eigenvalue weighted by Gasteiger charge is 2.11. The lowest BCUT2D eigenvalue weighted by Crippen LogP contribution is -2.23. The molecule has 5 nitrogen and oxygen atoms in total. The molecular formula is C7H10N2O3S. The second-order valence-corrected chi connectivity index (χ2v) is 3.31. The van der Waals surface area contributed by atoms with E-state index in [9.17, 15) is 4.79 Å². The third-order valence-corrected chi connectivity index (χ3v) is 2.14. The van der Waals surface area contributed by atoms with E-state index in [4.69, 9.17) is 0 Å². The molecule has 1 N–H and O–H groups in total. The zero-order valence-corrected chi connectivity index (χ0v) is 8.18. The molecule has 0 fully saturated rings. The van der Waals surface area contributed by atoms with E-state index in [1.807, 2.05) is 6.92 Å². The first-order valence-electron chi connectivity index (χ1n) is 3.61. The van der Waals surface area contributed by atoms with Crippen LogP contribution in [0.1, 0.15) is 15.4 Å². The fourth-order valence-corrected chi connectivity index (χ4v) is 1.41. The van der Waals surface area contributed by atoms with Gasteiger partial charge in [0.05, 0.1) is 19.2 Å². The van der Waals surface area contributed by atoms with Gasteiger partial charge in [0.25, 0.3) is 0 Å². The highest BCUT2D eigenvalue weighted by Crippen LogP contribution is 2.11. The van der Waals surface area contributed by atoms with Gasteiger partial charge in [0, 0.05) is 4.88 Å². The summed E-state index contributed by atoms with van der Waals surface area (Å²) in [6.45, 7) is 1.90. The lowest BCUT2D eigenvalue weighted by Gasteiger charge is -1.99. The number of aryl methyl sites for hydroxylation is 1. The summed E-state index contributed by atoms with van der Waals surface area (Å²) < 4.78 is 0. The number of ketones is 1.